The van der Waals surface area contributed by atoms with Gasteiger partial charge in [0, 0.05) is 25.1 Å². The molecule has 0 aliphatic heterocycles. The molecule has 2 aromatic rings. The predicted molar refractivity (Wildman–Crippen MR) is 99.4 cm³/mol. The van der Waals surface area contributed by atoms with Crippen molar-refractivity contribution in [3.05, 3.63) is 59.7 Å². The van der Waals surface area contributed by atoms with Crippen molar-refractivity contribution in [1.29, 1.82) is 0 Å². The maximum absolute atomic E-state index is 11.9. The van der Waals surface area contributed by atoms with Crippen molar-refractivity contribution in [1.82, 2.24) is 10.6 Å². The van der Waals surface area contributed by atoms with Crippen LogP contribution in [0.5, 0.6) is 11.5 Å². The predicted octanol–water partition coefficient (Wildman–Crippen LogP) is 2.53. The first-order chi connectivity index (χ1) is 12.6. The standard InChI is InChI=1S/C20H24N2O4/c1-25-17-11-10-15(13-18(17)26-2)14-22-19(23)9-6-12-21-20(24)16-7-4-3-5-8-16/h3-5,7-8,10-11,13H,6,9,12,14H2,1-2H3,(H,21,24)(H,22,23). The normalized spacial score (nSPS) is 10.1. The van der Waals surface area contributed by atoms with Gasteiger partial charge in [0.1, 0.15) is 0 Å². The number of nitrogens with one attached hydrogen (secondary N) is 2. The second-order valence-corrected chi connectivity index (χ2v) is 5.69. The topological polar surface area (TPSA) is 76.7 Å². The van der Waals surface area contributed by atoms with Gasteiger partial charge >= 0.3 is 0 Å². The van der Waals surface area contributed by atoms with Gasteiger partial charge in [0.05, 0.1) is 14.2 Å². The number of rotatable bonds is 9. The molecule has 0 fully saturated rings. The highest BCUT2D eigenvalue weighted by atomic mass is 16.5. The summed E-state index contributed by atoms with van der Waals surface area (Å²) in [5.74, 6) is 1.09. The Kier molecular flexibility index (Phi) is 7.49. The molecule has 0 bridgehead atoms. The van der Waals surface area contributed by atoms with E-state index in [0.29, 0.717) is 43.0 Å². The van der Waals surface area contributed by atoms with Crippen LogP contribution in [0.25, 0.3) is 0 Å². The van der Waals surface area contributed by atoms with Crippen molar-refractivity contribution in [2.45, 2.75) is 19.4 Å². The van der Waals surface area contributed by atoms with E-state index in [2.05, 4.69) is 10.6 Å². The van der Waals surface area contributed by atoms with Gasteiger partial charge in [-0.05, 0) is 36.2 Å². The van der Waals surface area contributed by atoms with Crippen LogP contribution >= 0.6 is 0 Å². The number of amides is 2. The SMILES string of the molecule is COc1ccc(CNC(=O)CCCNC(=O)c2ccccc2)cc1OC. The maximum Gasteiger partial charge on any atom is 0.251 e. The number of hydrogen-bond donors (Lipinski definition) is 2. The summed E-state index contributed by atoms with van der Waals surface area (Å²) in [6, 6.07) is 14.5. The second kappa shape index (κ2) is 10.1. The molecule has 138 valence electrons. The van der Waals surface area contributed by atoms with Crippen LogP contribution in [0.2, 0.25) is 0 Å². The van der Waals surface area contributed by atoms with Crippen molar-refractivity contribution in [2.24, 2.45) is 0 Å². The zero-order chi connectivity index (χ0) is 18.8. The fraction of sp³-hybridized carbons (Fsp3) is 0.300. The van der Waals surface area contributed by atoms with Gasteiger partial charge in [0.2, 0.25) is 5.91 Å². The monoisotopic (exact) mass is 356 g/mol. The lowest BCUT2D eigenvalue weighted by atomic mass is 10.2. The quantitative estimate of drug-likeness (QED) is 0.677. The van der Waals surface area contributed by atoms with Crippen LogP contribution in [0.3, 0.4) is 0 Å². The smallest absolute Gasteiger partial charge is 0.251 e. The molecule has 0 saturated carbocycles. The van der Waals surface area contributed by atoms with Gasteiger partial charge in [-0.1, -0.05) is 24.3 Å². The molecule has 2 aromatic carbocycles. The van der Waals surface area contributed by atoms with Crippen LogP contribution in [-0.2, 0) is 11.3 Å². The van der Waals surface area contributed by atoms with E-state index >= 15 is 0 Å². The van der Waals surface area contributed by atoms with Crippen LogP contribution in [0.1, 0.15) is 28.8 Å². The minimum Gasteiger partial charge on any atom is -0.493 e. The van der Waals surface area contributed by atoms with Crippen molar-refractivity contribution < 1.29 is 19.1 Å². The molecular formula is C20H24N2O4. The van der Waals surface area contributed by atoms with Crippen molar-refractivity contribution in [3.8, 4) is 11.5 Å². The van der Waals surface area contributed by atoms with Gasteiger partial charge in [-0.15, -0.1) is 0 Å². The third kappa shape index (κ3) is 5.81. The van der Waals surface area contributed by atoms with Gasteiger partial charge in [0.25, 0.3) is 5.91 Å². The lowest BCUT2D eigenvalue weighted by Crippen LogP contribution is -2.27. The summed E-state index contributed by atoms with van der Waals surface area (Å²) in [5, 5.41) is 5.67. The van der Waals surface area contributed by atoms with Gasteiger partial charge in [0.15, 0.2) is 11.5 Å². The molecule has 6 nitrogen and oxygen atoms in total. The lowest BCUT2D eigenvalue weighted by Gasteiger charge is -2.10. The van der Waals surface area contributed by atoms with Crippen LogP contribution < -0.4 is 20.1 Å². The van der Waals surface area contributed by atoms with Crippen molar-refractivity contribution in [2.75, 3.05) is 20.8 Å². The third-order valence-electron chi connectivity index (χ3n) is 3.84. The molecular weight excluding hydrogens is 332 g/mol. The van der Waals surface area contributed by atoms with Gasteiger partial charge in [-0.2, -0.15) is 0 Å². The first-order valence-electron chi connectivity index (χ1n) is 8.45. The van der Waals surface area contributed by atoms with Crippen LogP contribution in [0.15, 0.2) is 48.5 Å². The van der Waals surface area contributed by atoms with E-state index in [1.165, 1.54) is 0 Å². The first-order valence-corrected chi connectivity index (χ1v) is 8.45. The van der Waals surface area contributed by atoms with Crippen LogP contribution in [-0.4, -0.2) is 32.6 Å². The molecule has 0 saturated heterocycles. The van der Waals surface area contributed by atoms with E-state index < -0.39 is 0 Å². The maximum atomic E-state index is 11.9. The molecule has 2 rings (SSSR count). The van der Waals surface area contributed by atoms with Crippen molar-refractivity contribution >= 4 is 11.8 Å². The zero-order valence-electron chi connectivity index (χ0n) is 15.1. The molecule has 0 atom stereocenters. The number of methoxy groups -OCH3 is 2. The second-order valence-electron chi connectivity index (χ2n) is 5.69. The Balaban J connectivity index is 1.68. The van der Waals surface area contributed by atoms with Crippen molar-refractivity contribution in [3.63, 3.8) is 0 Å². The molecule has 2 N–H and O–H groups in total. The summed E-state index contributed by atoms with van der Waals surface area (Å²) >= 11 is 0. The Morgan fingerprint density at radius 1 is 0.923 bits per heavy atom. The Hall–Kier alpha value is -3.02. The molecule has 0 spiro atoms. The minimum absolute atomic E-state index is 0.0613. The van der Waals surface area contributed by atoms with E-state index in [9.17, 15) is 9.59 Å². The number of carbonyl (C=O) groups excluding carboxylic acids is 2. The largest absolute Gasteiger partial charge is 0.493 e. The molecule has 0 aliphatic carbocycles. The van der Waals surface area contributed by atoms with Crippen LogP contribution in [0, 0.1) is 0 Å². The summed E-state index contributed by atoms with van der Waals surface area (Å²) in [6.45, 7) is 0.868. The summed E-state index contributed by atoms with van der Waals surface area (Å²) < 4.78 is 10.4. The summed E-state index contributed by atoms with van der Waals surface area (Å²) in [7, 11) is 3.15. The molecule has 26 heavy (non-hydrogen) atoms. The van der Waals surface area contributed by atoms with Gasteiger partial charge < -0.3 is 20.1 Å². The molecule has 2 amide bonds. The van der Waals surface area contributed by atoms with E-state index in [-0.39, 0.29) is 11.8 Å². The Bertz CT molecular complexity index is 732. The van der Waals surface area contributed by atoms with E-state index in [4.69, 9.17) is 9.47 Å². The molecule has 0 aromatic heterocycles. The molecule has 6 heteroatoms. The highest BCUT2D eigenvalue weighted by molar-refractivity contribution is 5.94. The van der Waals surface area contributed by atoms with E-state index in [1.807, 2.05) is 30.3 Å². The Morgan fingerprint density at radius 3 is 2.35 bits per heavy atom. The number of ether oxygens (including phenoxy) is 2. The number of carbonyl (C=O) groups is 2. The fourth-order valence-corrected chi connectivity index (χ4v) is 2.42. The number of hydrogen-bond acceptors (Lipinski definition) is 4. The molecule has 0 unspecified atom stereocenters. The van der Waals surface area contributed by atoms with Crippen LogP contribution in [0.4, 0.5) is 0 Å². The molecule has 0 heterocycles. The highest BCUT2D eigenvalue weighted by Gasteiger charge is 2.07. The average molecular weight is 356 g/mol. The molecule has 0 radical (unpaired) electrons. The Labute approximate surface area is 153 Å². The summed E-state index contributed by atoms with van der Waals surface area (Å²) in [6.07, 6.45) is 0.929. The van der Waals surface area contributed by atoms with E-state index in [1.54, 1.807) is 32.4 Å². The first kappa shape index (κ1) is 19.3. The summed E-state index contributed by atoms with van der Waals surface area (Å²) in [5.41, 5.74) is 1.54. The van der Waals surface area contributed by atoms with Gasteiger partial charge in [-0.3, -0.25) is 9.59 Å². The fourth-order valence-electron chi connectivity index (χ4n) is 2.42. The average Bonchev–Trinajstić information content (AvgIpc) is 2.69. The third-order valence-corrected chi connectivity index (χ3v) is 3.84. The van der Waals surface area contributed by atoms with E-state index in [0.717, 1.165) is 5.56 Å². The zero-order valence-corrected chi connectivity index (χ0v) is 15.1. The summed E-state index contributed by atoms with van der Waals surface area (Å²) in [4.78, 5) is 23.8. The van der Waals surface area contributed by atoms with Gasteiger partial charge in [-0.25, -0.2) is 0 Å². The Morgan fingerprint density at radius 2 is 1.65 bits per heavy atom. The minimum atomic E-state index is -0.128. The molecule has 0 aliphatic rings. The highest BCUT2D eigenvalue weighted by Crippen LogP contribution is 2.27. The lowest BCUT2D eigenvalue weighted by molar-refractivity contribution is -0.121. The number of benzene rings is 2.